The fourth-order valence-electron chi connectivity index (χ4n) is 3.53. The average Bonchev–Trinajstić information content (AvgIpc) is 3.16. The van der Waals surface area contributed by atoms with Gasteiger partial charge in [-0.15, -0.1) is 0 Å². The molecule has 0 saturated carbocycles. The Kier molecular flexibility index (Phi) is 5.09. The maximum atomic E-state index is 12.5. The van der Waals surface area contributed by atoms with E-state index < -0.39 is 0 Å². The molecule has 1 atom stereocenters. The van der Waals surface area contributed by atoms with Gasteiger partial charge in [-0.05, 0) is 42.5 Å². The Morgan fingerprint density at radius 2 is 2.04 bits per heavy atom. The van der Waals surface area contributed by atoms with Gasteiger partial charge in [0, 0.05) is 43.5 Å². The summed E-state index contributed by atoms with van der Waals surface area (Å²) < 4.78 is 5.81. The van der Waals surface area contributed by atoms with Gasteiger partial charge in [-0.25, -0.2) is 0 Å². The molecular formula is C21H23N3O2. The molecule has 5 nitrogen and oxygen atoms in total. The molecule has 3 aromatic rings. The Morgan fingerprint density at radius 1 is 1.15 bits per heavy atom. The molecule has 26 heavy (non-hydrogen) atoms. The van der Waals surface area contributed by atoms with Crippen LogP contribution in [-0.4, -0.2) is 34.1 Å². The van der Waals surface area contributed by atoms with E-state index in [2.05, 4.69) is 14.9 Å². The predicted molar refractivity (Wildman–Crippen MR) is 102 cm³/mol. The van der Waals surface area contributed by atoms with E-state index in [1.807, 2.05) is 54.7 Å². The van der Waals surface area contributed by atoms with Gasteiger partial charge in [0.25, 0.3) is 5.56 Å². The third kappa shape index (κ3) is 4.00. The van der Waals surface area contributed by atoms with Crippen molar-refractivity contribution >= 4 is 10.9 Å². The predicted octanol–water partition coefficient (Wildman–Crippen LogP) is 3.10. The summed E-state index contributed by atoms with van der Waals surface area (Å²) in [6.45, 7) is 2.92. The molecule has 0 amide bonds. The third-order valence-corrected chi connectivity index (χ3v) is 4.82. The molecule has 3 heterocycles. The lowest BCUT2D eigenvalue weighted by Gasteiger charge is -2.24. The van der Waals surface area contributed by atoms with Crippen molar-refractivity contribution < 1.29 is 4.74 Å². The average molecular weight is 349 g/mol. The molecular weight excluding hydrogens is 326 g/mol. The van der Waals surface area contributed by atoms with Gasteiger partial charge in [-0.1, -0.05) is 24.3 Å². The molecule has 2 aromatic heterocycles. The van der Waals surface area contributed by atoms with Crippen LogP contribution in [0.2, 0.25) is 0 Å². The number of pyridine rings is 2. The quantitative estimate of drug-likeness (QED) is 0.743. The second kappa shape index (κ2) is 7.81. The Bertz CT molecular complexity index is 917. The summed E-state index contributed by atoms with van der Waals surface area (Å²) in [5, 5.41) is 1.05. The second-order valence-corrected chi connectivity index (χ2v) is 6.84. The lowest BCUT2D eigenvalue weighted by molar-refractivity contribution is 0.0673. The van der Waals surface area contributed by atoms with E-state index in [-0.39, 0.29) is 11.7 Å². The van der Waals surface area contributed by atoms with Gasteiger partial charge in [0.1, 0.15) is 0 Å². The number of H-pyrrole nitrogens is 1. The highest BCUT2D eigenvalue weighted by Gasteiger charge is 2.20. The summed E-state index contributed by atoms with van der Waals surface area (Å²) in [5.74, 6) is 0. The van der Waals surface area contributed by atoms with Crippen LogP contribution in [0.15, 0.2) is 59.5 Å². The first kappa shape index (κ1) is 16.9. The van der Waals surface area contributed by atoms with Crippen LogP contribution in [0.4, 0.5) is 0 Å². The molecule has 4 rings (SSSR count). The Labute approximate surface area is 152 Å². The van der Waals surface area contributed by atoms with Crippen LogP contribution in [-0.2, 0) is 17.8 Å². The number of para-hydroxylation sites is 1. The van der Waals surface area contributed by atoms with Gasteiger partial charge in [0.05, 0.1) is 11.8 Å². The van der Waals surface area contributed by atoms with E-state index in [1.54, 1.807) is 0 Å². The Hall–Kier alpha value is -2.50. The van der Waals surface area contributed by atoms with Crippen molar-refractivity contribution in [2.45, 2.75) is 32.0 Å². The molecule has 1 unspecified atom stereocenters. The maximum absolute atomic E-state index is 12.5. The SMILES string of the molecule is O=c1[nH]c2ccccc2cc1CN(Cc1ccccn1)CC1CCCO1. The van der Waals surface area contributed by atoms with Gasteiger partial charge in [0.2, 0.25) is 0 Å². The van der Waals surface area contributed by atoms with Crippen LogP contribution in [0, 0.1) is 0 Å². The topological polar surface area (TPSA) is 58.2 Å². The fraction of sp³-hybridized carbons (Fsp3) is 0.333. The van der Waals surface area contributed by atoms with Crippen molar-refractivity contribution in [2.24, 2.45) is 0 Å². The number of ether oxygens (including phenoxy) is 1. The van der Waals surface area contributed by atoms with Crippen molar-refractivity contribution in [1.82, 2.24) is 14.9 Å². The highest BCUT2D eigenvalue weighted by Crippen LogP contribution is 2.17. The first-order chi connectivity index (χ1) is 12.8. The number of rotatable bonds is 6. The standard InChI is InChI=1S/C21H23N3O2/c25-21-17(12-16-6-1-2-9-20(16)23-21)13-24(15-19-8-5-11-26-19)14-18-7-3-4-10-22-18/h1-4,6-7,9-10,12,19H,5,8,11,13-15H2,(H,23,25). The minimum atomic E-state index is -0.0259. The van der Waals surface area contributed by atoms with Gasteiger partial charge >= 0.3 is 0 Å². The number of hydrogen-bond acceptors (Lipinski definition) is 4. The Morgan fingerprint density at radius 3 is 2.85 bits per heavy atom. The van der Waals surface area contributed by atoms with Crippen molar-refractivity contribution in [3.63, 3.8) is 0 Å². The molecule has 134 valence electrons. The highest BCUT2D eigenvalue weighted by atomic mass is 16.5. The zero-order valence-electron chi connectivity index (χ0n) is 14.7. The molecule has 5 heteroatoms. The monoisotopic (exact) mass is 349 g/mol. The smallest absolute Gasteiger partial charge is 0.252 e. The molecule has 0 bridgehead atoms. The molecule has 1 aliphatic rings. The van der Waals surface area contributed by atoms with E-state index in [0.29, 0.717) is 13.1 Å². The lowest BCUT2D eigenvalue weighted by Crippen LogP contribution is -2.33. The summed E-state index contributed by atoms with van der Waals surface area (Å²) in [6, 6.07) is 15.8. The van der Waals surface area contributed by atoms with Crippen LogP contribution in [0.3, 0.4) is 0 Å². The zero-order valence-corrected chi connectivity index (χ0v) is 14.7. The van der Waals surface area contributed by atoms with Crippen molar-refractivity contribution in [3.8, 4) is 0 Å². The van der Waals surface area contributed by atoms with E-state index in [4.69, 9.17) is 4.74 Å². The zero-order chi connectivity index (χ0) is 17.8. The number of hydrogen-bond donors (Lipinski definition) is 1. The molecule has 0 aliphatic carbocycles. The minimum Gasteiger partial charge on any atom is -0.377 e. The van der Waals surface area contributed by atoms with Gasteiger partial charge < -0.3 is 9.72 Å². The normalized spacial score (nSPS) is 17.2. The number of fused-ring (bicyclic) bond motifs is 1. The number of aromatic nitrogens is 2. The number of benzene rings is 1. The van der Waals surface area contributed by atoms with Crippen LogP contribution in [0.25, 0.3) is 10.9 Å². The fourth-order valence-corrected chi connectivity index (χ4v) is 3.53. The van der Waals surface area contributed by atoms with Crippen LogP contribution in [0.5, 0.6) is 0 Å². The molecule has 1 fully saturated rings. The maximum Gasteiger partial charge on any atom is 0.252 e. The molecule has 1 aromatic carbocycles. The summed E-state index contributed by atoms with van der Waals surface area (Å²) in [7, 11) is 0. The van der Waals surface area contributed by atoms with Gasteiger partial charge in [0.15, 0.2) is 0 Å². The highest BCUT2D eigenvalue weighted by molar-refractivity contribution is 5.78. The van der Waals surface area contributed by atoms with Crippen molar-refractivity contribution in [1.29, 1.82) is 0 Å². The largest absolute Gasteiger partial charge is 0.377 e. The molecule has 0 spiro atoms. The third-order valence-electron chi connectivity index (χ3n) is 4.82. The number of nitrogens with zero attached hydrogens (tertiary/aromatic N) is 2. The molecule has 1 saturated heterocycles. The Balaban J connectivity index is 1.58. The summed E-state index contributed by atoms with van der Waals surface area (Å²) >= 11 is 0. The van der Waals surface area contributed by atoms with Gasteiger partial charge in [-0.2, -0.15) is 0 Å². The molecule has 1 aliphatic heterocycles. The second-order valence-electron chi connectivity index (χ2n) is 6.84. The summed E-state index contributed by atoms with van der Waals surface area (Å²) in [5.41, 5.74) is 2.62. The first-order valence-electron chi connectivity index (χ1n) is 9.13. The summed E-state index contributed by atoms with van der Waals surface area (Å²) in [4.78, 5) is 22.2. The number of aromatic amines is 1. The summed E-state index contributed by atoms with van der Waals surface area (Å²) in [6.07, 6.45) is 4.23. The van der Waals surface area contributed by atoms with E-state index >= 15 is 0 Å². The van der Waals surface area contributed by atoms with Crippen LogP contribution >= 0.6 is 0 Å². The van der Waals surface area contributed by atoms with Crippen molar-refractivity contribution in [2.75, 3.05) is 13.2 Å². The first-order valence-corrected chi connectivity index (χ1v) is 9.13. The number of nitrogens with one attached hydrogen (secondary N) is 1. The van der Waals surface area contributed by atoms with E-state index in [9.17, 15) is 4.79 Å². The van der Waals surface area contributed by atoms with E-state index in [1.165, 1.54) is 0 Å². The molecule has 1 N–H and O–H groups in total. The van der Waals surface area contributed by atoms with Crippen LogP contribution in [0.1, 0.15) is 24.1 Å². The van der Waals surface area contributed by atoms with Crippen LogP contribution < -0.4 is 5.56 Å². The van der Waals surface area contributed by atoms with Crippen molar-refractivity contribution in [3.05, 3.63) is 76.3 Å². The molecule has 0 radical (unpaired) electrons. The lowest BCUT2D eigenvalue weighted by atomic mass is 10.1. The minimum absolute atomic E-state index is 0.0259. The van der Waals surface area contributed by atoms with Gasteiger partial charge in [-0.3, -0.25) is 14.7 Å². The van der Waals surface area contributed by atoms with E-state index in [0.717, 1.165) is 48.2 Å².